The number of aliphatic carboxylic acids is 4. The average Bonchev–Trinajstić information content (AvgIpc) is 3.08. The fourth-order valence-corrected chi connectivity index (χ4v) is 1.94. The van der Waals surface area contributed by atoms with Gasteiger partial charge in [-0.3, -0.25) is 0 Å². The topological polar surface area (TPSA) is 173 Å². The number of carboxylic acid groups (broad SMARTS) is 4. The number of rotatable bonds is 3. The SMILES string of the molecule is Cc1ccccc1NCC1CCCN1.O=C(O)C(=O)O.O=C(O)C(=O)O. The molecule has 1 unspecified atom stereocenters. The summed E-state index contributed by atoms with van der Waals surface area (Å²) in [6.45, 7) is 4.37. The van der Waals surface area contributed by atoms with Gasteiger partial charge >= 0.3 is 23.9 Å². The molecule has 1 saturated heterocycles. The van der Waals surface area contributed by atoms with Crippen molar-refractivity contribution in [2.75, 3.05) is 18.4 Å². The predicted molar refractivity (Wildman–Crippen MR) is 91.2 cm³/mol. The minimum absolute atomic E-state index is 0.662. The van der Waals surface area contributed by atoms with Gasteiger partial charge < -0.3 is 31.1 Å². The van der Waals surface area contributed by atoms with E-state index in [-0.39, 0.29) is 0 Å². The second kappa shape index (κ2) is 12.3. The lowest BCUT2D eigenvalue weighted by molar-refractivity contribution is -0.159. The normalized spacial score (nSPS) is 14.7. The first-order chi connectivity index (χ1) is 12.1. The molecule has 144 valence electrons. The molecule has 10 nitrogen and oxygen atoms in total. The van der Waals surface area contributed by atoms with Gasteiger partial charge in [0.25, 0.3) is 0 Å². The zero-order valence-corrected chi connectivity index (χ0v) is 14.1. The lowest BCUT2D eigenvalue weighted by atomic mass is 10.2. The van der Waals surface area contributed by atoms with Crippen molar-refractivity contribution in [1.29, 1.82) is 0 Å². The molecule has 1 aromatic rings. The van der Waals surface area contributed by atoms with E-state index in [0.717, 1.165) is 6.54 Å². The standard InChI is InChI=1S/C12H18N2.2C2H2O4/c1-10-5-2-3-7-12(10)14-9-11-6-4-8-13-11;2*3-1(4)2(5)6/h2-3,5,7,11,13-14H,4,6,8-9H2,1H3;2*(H,3,4)(H,5,6). The van der Waals surface area contributed by atoms with Crippen LogP contribution in [-0.4, -0.2) is 63.4 Å². The zero-order valence-electron chi connectivity index (χ0n) is 14.1. The molecule has 2 rings (SSSR count). The fourth-order valence-electron chi connectivity index (χ4n) is 1.94. The number of hydrogen-bond donors (Lipinski definition) is 6. The van der Waals surface area contributed by atoms with Crippen molar-refractivity contribution in [2.24, 2.45) is 0 Å². The van der Waals surface area contributed by atoms with Crippen LogP contribution >= 0.6 is 0 Å². The number of para-hydroxylation sites is 1. The van der Waals surface area contributed by atoms with Crippen LogP contribution in [-0.2, 0) is 19.2 Å². The van der Waals surface area contributed by atoms with Crippen LogP contribution in [0.1, 0.15) is 18.4 Å². The predicted octanol–water partition coefficient (Wildman–Crippen LogP) is 0.470. The van der Waals surface area contributed by atoms with Crippen molar-refractivity contribution >= 4 is 29.6 Å². The molecule has 6 N–H and O–H groups in total. The monoisotopic (exact) mass is 370 g/mol. The van der Waals surface area contributed by atoms with Gasteiger partial charge in [0.2, 0.25) is 0 Å². The van der Waals surface area contributed by atoms with E-state index in [9.17, 15) is 0 Å². The van der Waals surface area contributed by atoms with E-state index >= 15 is 0 Å². The highest BCUT2D eigenvalue weighted by atomic mass is 16.4. The Morgan fingerprint density at radius 2 is 1.50 bits per heavy atom. The van der Waals surface area contributed by atoms with Crippen LogP contribution in [0, 0.1) is 6.92 Å². The van der Waals surface area contributed by atoms with Crippen LogP contribution < -0.4 is 10.6 Å². The maximum absolute atomic E-state index is 9.10. The molecule has 10 heteroatoms. The van der Waals surface area contributed by atoms with Gasteiger partial charge in [0.15, 0.2) is 0 Å². The second-order valence-corrected chi connectivity index (χ2v) is 5.21. The number of carbonyl (C=O) groups is 4. The van der Waals surface area contributed by atoms with E-state index in [1.165, 1.54) is 30.6 Å². The first-order valence-electron chi connectivity index (χ1n) is 7.60. The number of anilines is 1. The molecule has 1 heterocycles. The quantitative estimate of drug-likeness (QED) is 0.410. The summed E-state index contributed by atoms with van der Waals surface area (Å²) in [6, 6.07) is 9.11. The van der Waals surface area contributed by atoms with E-state index in [2.05, 4.69) is 41.8 Å². The van der Waals surface area contributed by atoms with Crippen LogP contribution in [0.2, 0.25) is 0 Å². The minimum Gasteiger partial charge on any atom is -0.473 e. The third-order valence-electron chi connectivity index (χ3n) is 3.21. The molecule has 1 aliphatic rings. The van der Waals surface area contributed by atoms with Crippen LogP contribution in [0.5, 0.6) is 0 Å². The lowest BCUT2D eigenvalue weighted by Crippen LogP contribution is -2.29. The van der Waals surface area contributed by atoms with Crippen molar-refractivity contribution in [1.82, 2.24) is 5.32 Å². The molecule has 0 aromatic heterocycles. The van der Waals surface area contributed by atoms with Gasteiger partial charge in [-0.05, 0) is 37.9 Å². The van der Waals surface area contributed by atoms with E-state index in [4.69, 9.17) is 39.6 Å². The summed E-state index contributed by atoms with van der Waals surface area (Å²) in [7, 11) is 0. The third kappa shape index (κ3) is 10.6. The summed E-state index contributed by atoms with van der Waals surface area (Å²) in [5, 5.41) is 36.5. The fraction of sp³-hybridized carbons (Fsp3) is 0.375. The highest BCUT2D eigenvalue weighted by Crippen LogP contribution is 2.14. The first-order valence-corrected chi connectivity index (χ1v) is 7.60. The van der Waals surface area contributed by atoms with Crippen LogP contribution in [0.15, 0.2) is 24.3 Å². The maximum Gasteiger partial charge on any atom is 0.414 e. The van der Waals surface area contributed by atoms with Gasteiger partial charge in [0.05, 0.1) is 0 Å². The zero-order chi connectivity index (χ0) is 20.1. The summed E-state index contributed by atoms with van der Waals surface area (Å²) < 4.78 is 0. The van der Waals surface area contributed by atoms with Crippen molar-refractivity contribution in [3.63, 3.8) is 0 Å². The third-order valence-corrected chi connectivity index (χ3v) is 3.21. The molecular weight excluding hydrogens is 348 g/mol. The Bertz CT molecular complexity index is 578. The van der Waals surface area contributed by atoms with Crippen molar-refractivity contribution in [3.05, 3.63) is 29.8 Å². The van der Waals surface area contributed by atoms with Crippen molar-refractivity contribution in [3.8, 4) is 0 Å². The molecule has 0 bridgehead atoms. The van der Waals surface area contributed by atoms with Gasteiger partial charge in [-0.2, -0.15) is 0 Å². The Kier molecular flexibility index (Phi) is 10.8. The van der Waals surface area contributed by atoms with Gasteiger partial charge in [0, 0.05) is 18.3 Å². The van der Waals surface area contributed by atoms with Gasteiger partial charge in [-0.1, -0.05) is 18.2 Å². The molecule has 0 amide bonds. The first kappa shape index (κ1) is 22.9. The summed E-state index contributed by atoms with van der Waals surface area (Å²) >= 11 is 0. The largest absolute Gasteiger partial charge is 0.473 e. The molecule has 1 fully saturated rings. The minimum atomic E-state index is -1.82. The average molecular weight is 370 g/mol. The van der Waals surface area contributed by atoms with Crippen molar-refractivity contribution in [2.45, 2.75) is 25.8 Å². The molecule has 1 atom stereocenters. The molecular formula is C16H22N2O8. The molecule has 0 radical (unpaired) electrons. The maximum atomic E-state index is 9.10. The Labute approximate surface area is 149 Å². The Balaban J connectivity index is 0.000000437. The Morgan fingerprint density at radius 3 is 1.88 bits per heavy atom. The number of hydrogen-bond acceptors (Lipinski definition) is 6. The second-order valence-electron chi connectivity index (χ2n) is 5.21. The van der Waals surface area contributed by atoms with Crippen LogP contribution in [0.4, 0.5) is 5.69 Å². The van der Waals surface area contributed by atoms with Gasteiger partial charge in [-0.25, -0.2) is 19.2 Å². The van der Waals surface area contributed by atoms with Crippen LogP contribution in [0.25, 0.3) is 0 Å². The lowest BCUT2D eigenvalue weighted by Gasteiger charge is -2.14. The van der Waals surface area contributed by atoms with Gasteiger partial charge in [-0.15, -0.1) is 0 Å². The molecule has 1 aromatic carbocycles. The summed E-state index contributed by atoms with van der Waals surface area (Å²) in [6.07, 6.45) is 2.62. The van der Waals surface area contributed by atoms with Crippen molar-refractivity contribution < 1.29 is 39.6 Å². The van der Waals surface area contributed by atoms with E-state index in [1.807, 2.05) is 0 Å². The Morgan fingerprint density at radius 1 is 1.00 bits per heavy atom. The summed E-state index contributed by atoms with van der Waals surface area (Å²) in [5.74, 6) is -7.30. The summed E-state index contributed by atoms with van der Waals surface area (Å²) in [4.78, 5) is 36.4. The number of carboxylic acids is 4. The molecule has 26 heavy (non-hydrogen) atoms. The van der Waals surface area contributed by atoms with E-state index in [0.29, 0.717) is 6.04 Å². The highest BCUT2D eigenvalue weighted by Gasteiger charge is 2.13. The Hall–Kier alpha value is -3.14. The highest BCUT2D eigenvalue weighted by molar-refractivity contribution is 6.27. The number of aryl methyl sites for hydroxylation is 1. The summed E-state index contributed by atoms with van der Waals surface area (Å²) in [5.41, 5.74) is 2.59. The number of nitrogens with one attached hydrogen (secondary N) is 2. The van der Waals surface area contributed by atoms with Gasteiger partial charge in [0.1, 0.15) is 0 Å². The van der Waals surface area contributed by atoms with Crippen LogP contribution in [0.3, 0.4) is 0 Å². The molecule has 0 aliphatic carbocycles. The molecule has 0 spiro atoms. The smallest absolute Gasteiger partial charge is 0.414 e. The number of benzene rings is 1. The van der Waals surface area contributed by atoms with E-state index < -0.39 is 23.9 Å². The molecule has 0 saturated carbocycles. The van der Waals surface area contributed by atoms with E-state index in [1.54, 1.807) is 0 Å². The molecule has 1 aliphatic heterocycles.